The Morgan fingerprint density at radius 3 is 2.54 bits per heavy atom. The number of nitrogens with zero attached hydrogens (tertiary/aromatic N) is 1. The first-order chi connectivity index (χ1) is 11.6. The van der Waals surface area contributed by atoms with Gasteiger partial charge in [0.15, 0.2) is 0 Å². The highest BCUT2D eigenvalue weighted by atomic mass is 16.3. The first-order valence-corrected chi connectivity index (χ1v) is 8.25. The lowest BCUT2D eigenvalue weighted by Crippen LogP contribution is -2.47. The van der Waals surface area contributed by atoms with Crippen LogP contribution < -0.4 is 5.32 Å². The smallest absolute Gasteiger partial charge is 0.242 e. The van der Waals surface area contributed by atoms with Crippen LogP contribution in [-0.4, -0.2) is 22.8 Å². The van der Waals surface area contributed by atoms with E-state index in [9.17, 15) is 9.59 Å². The van der Waals surface area contributed by atoms with Crippen molar-refractivity contribution >= 4 is 11.8 Å². The minimum Gasteiger partial charge on any atom is -0.467 e. The Labute approximate surface area is 142 Å². The molecular formula is C19H24N2O3. The second-order valence-corrected chi connectivity index (χ2v) is 5.73. The Morgan fingerprint density at radius 1 is 1.17 bits per heavy atom. The van der Waals surface area contributed by atoms with Crippen molar-refractivity contribution < 1.29 is 14.0 Å². The predicted octanol–water partition coefficient (Wildman–Crippen LogP) is 3.11. The van der Waals surface area contributed by atoms with Gasteiger partial charge in [-0.25, -0.2) is 0 Å². The van der Waals surface area contributed by atoms with E-state index in [0.29, 0.717) is 25.3 Å². The van der Waals surface area contributed by atoms with Crippen molar-refractivity contribution in [2.45, 2.75) is 45.8 Å². The number of nitrogens with one attached hydrogen (secondary N) is 1. The Morgan fingerprint density at radius 2 is 1.92 bits per heavy atom. The van der Waals surface area contributed by atoms with Gasteiger partial charge in [0.25, 0.3) is 0 Å². The van der Waals surface area contributed by atoms with Crippen molar-refractivity contribution in [1.29, 1.82) is 0 Å². The van der Waals surface area contributed by atoms with Crippen molar-refractivity contribution in [3.05, 3.63) is 60.1 Å². The van der Waals surface area contributed by atoms with E-state index in [1.165, 1.54) is 0 Å². The van der Waals surface area contributed by atoms with Crippen molar-refractivity contribution in [1.82, 2.24) is 10.2 Å². The highest BCUT2D eigenvalue weighted by molar-refractivity contribution is 5.87. The summed E-state index contributed by atoms with van der Waals surface area (Å²) in [5.74, 6) is 0.485. The molecule has 0 fully saturated rings. The molecule has 5 heteroatoms. The molecule has 1 aromatic heterocycles. The second-order valence-electron chi connectivity index (χ2n) is 5.73. The molecule has 0 saturated heterocycles. The van der Waals surface area contributed by atoms with Crippen molar-refractivity contribution in [2.75, 3.05) is 0 Å². The number of hydrogen-bond donors (Lipinski definition) is 1. The van der Waals surface area contributed by atoms with E-state index in [4.69, 9.17) is 4.42 Å². The zero-order chi connectivity index (χ0) is 17.4. The fraction of sp³-hybridized carbons (Fsp3) is 0.368. The monoisotopic (exact) mass is 328 g/mol. The lowest BCUT2D eigenvalue weighted by Gasteiger charge is -2.28. The summed E-state index contributed by atoms with van der Waals surface area (Å²) in [4.78, 5) is 26.5. The van der Waals surface area contributed by atoms with Crippen LogP contribution in [0.1, 0.15) is 38.0 Å². The van der Waals surface area contributed by atoms with Gasteiger partial charge in [0, 0.05) is 13.0 Å². The van der Waals surface area contributed by atoms with Crippen LogP contribution in [0.5, 0.6) is 0 Å². The third-order valence-electron chi connectivity index (χ3n) is 3.84. The summed E-state index contributed by atoms with van der Waals surface area (Å²) in [5.41, 5.74) is 1.01. The van der Waals surface area contributed by atoms with Crippen LogP contribution in [-0.2, 0) is 22.7 Å². The van der Waals surface area contributed by atoms with E-state index in [2.05, 4.69) is 5.32 Å². The van der Waals surface area contributed by atoms with Gasteiger partial charge < -0.3 is 14.6 Å². The number of benzene rings is 1. The first-order valence-electron chi connectivity index (χ1n) is 8.25. The molecular weight excluding hydrogens is 304 g/mol. The van der Waals surface area contributed by atoms with E-state index in [1.807, 2.05) is 37.3 Å². The van der Waals surface area contributed by atoms with E-state index in [1.54, 1.807) is 30.2 Å². The molecule has 0 radical (unpaired) electrons. The van der Waals surface area contributed by atoms with Crippen LogP contribution in [0.3, 0.4) is 0 Å². The molecule has 0 aliphatic heterocycles. The summed E-state index contributed by atoms with van der Waals surface area (Å²) in [7, 11) is 0. The summed E-state index contributed by atoms with van der Waals surface area (Å²) in [5, 5.41) is 2.82. The van der Waals surface area contributed by atoms with Gasteiger partial charge in [0.1, 0.15) is 11.8 Å². The fourth-order valence-electron chi connectivity index (χ4n) is 2.46. The number of carbonyl (C=O) groups excluding carboxylic acids is 2. The summed E-state index contributed by atoms with van der Waals surface area (Å²) in [6, 6.07) is 12.7. The number of carbonyl (C=O) groups is 2. The molecule has 128 valence electrons. The van der Waals surface area contributed by atoms with Crippen molar-refractivity contribution in [3.63, 3.8) is 0 Å². The van der Waals surface area contributed by atoms with Gasteiger partial charge in [-0.3, -0.25) is 9.59 Å². The van der Waals surface area contributed by atoms with Gasteiger partial charge in [-0.2, -0.15) is 0 Å². The quantitative estimate of drug-likeness (QED) is 0.810. The number of rotatable bonds is 8. The SMILES string of the molecule is CCCC(=O)N(Cc1ccccc1)C(C)C(=O)NCc1ccco1. The number of amides is 2. The Hall–Kier alpha value is -2.56. The van der Waals surface area contributed by atoms with Crippen molar-refractivity contribution in [3.8, 4) is 0 Å². The molecule has 0 aliphatic rings. The number of hydrogen-bond acceptors (Lipinski definition) is 3. The minimum atomic E-state index is -0.542. The summed E-state index contributed by atoms with van der Waals surface area (Å²) >= 11 is 0. The van der Waals surface area contributed by atoms with Crippen LogP contribution in [0.25, 0.3) is 0 Å². The van der Waals surface area contributed by atoms with Crippen LogP contribution in [0.15, 0.2) is 53.1 Å². The third-order valence-corrected chi connectivity index (χ3v) is 3.84. The molecule has 1 aromatic carbocycles. The van der Waals surface area contributed by atoms with E-state index >= 15 is 0 Å². The van der Waals surface area contributed by atoms with Crippen molar-refractivity contribution in [2.24, 2.45) is 0 Å². The maximum Gasteiger partial charge on any atom is 0.242 e. The molecule has 1 N–H and O–H groups in total. The predicted molar refractivity (Wildman–Crippen MR) is 91.9 cm³/mol. The lowest BCUT2D eigenvalue weighted by molar-refractivity contribution is -0.140. The Balaban J connectivity index is 2.03. The highest BCUT2D eigenvalue weighted by Crippen LogP contribution is 2.12. The van der Waals surface area contributed by atoms with E-state index in [-0.39, 0.29) is 11.8 Å². The summed E-state index contributed by atoms with van der Waals surface area (Å²) in [6.45, 7) is 4.46. The molecule has 1 unspecified atom stereocenters. The van der Waals surface area contributed by atoms with Gasteiger partial charge in [-0.05, 0) is 31.0 Å². The number of furan rings is 1. The molecule has 2 aromatic rings. The van der Waals surface area contributed by atoms with Crippen LogP contribution in [0.2, 0.25) is 0 Å². The van der Waals surface area contributed by atoms with Gasteiger partial charge in [0.2, 0.25) is 11.8 Å². The maximum absolute atomic E-state index is 12.5. The largest absolute Gasteiger partial charge is 0.467 e. The Kier molecular flexibility index (Phi) is 6.61. The molecule has 2 amide bonds. The average Bonchev–Trinajstić information content (AvgIpc) is 3.11. The fourth-order valence-corrected chi connectivity index (χ4v) is 2.46. The zero-order valence-electron chi connectivity index (χ0n) is 14.2. The lowest BCUT2D eigenvalue weighted by atomic mass is 10.1. The second kappa shape index (κ2) is 8.91. The Bertz CT molecular complexity index is 638. The van der Waals surface area contributed by atoms with E-state index < -0.39 is 6.04 Å². The van der Waals surface area contributed by atoms with Crippen LogP contribution in [0, 0.1) is 0 Å². The molecule has 0 aliphatic carbocycles. The molecule has 24 heavy (non-hydrogen) atoms. The molecule has 0 spiro atoms. The topological polar surface area (TPSA) is 62.6 Å². The minimum absolute atomic E-state index is 0.0120. The maximum atomic E-state index is 12.5. The molecule has 5 nitrogen and oxygen atoms in total. The molecule has 0 saturated carbocycles. The standard InChI is InChI=1S/C19H24N2O3/c1-3-8-18(22)21(14-16-9-5-4-6-10-16)15(2)19(23)20-13-17-11-7-12-24-17/h4-7,9-12,15H,3,8,13-14H2,1-2H3,(H,20,23). The zero-order valence-corrected chi connectivity index (χ0v) is 14.2. The normalized spacial score (nSPS) is 11.8. The van der Waals surface area contributed by atoms with Crippen LogP contribution in [0.4, 0.5) is 0 Å². The summed E-state index contributed by atoms with van der Waals surface area (Å²) < 4.78 is 5.21. The van der Waals surface area contributed by atoms with Gasteiger partial charge >= 0.3 is 0 Å². The molecule has 2 rings (SSSR count). The van der Waals surface area contributed by atoms with Gasteiger partial charge in [-0.15, -0.1) is 0 Å². The average molecular weight is 328 g/mol. The third kappa shape index (κ3) is 4.98. The highest BCUT2D eigenvalue weighted by Gasteiger charge is 2.25. The van der Waals surface area contributed by atoms with Gasteiger partial charge in [-0.1, -0.05) is 37.3 Å². The molecule has 1 heterocycles. The molecule has 1 atom stereocenters. The molecule has 0 bridgehead atoms. The summed E-state index contributed by atoms with van der Waals surface area (Å²) in [6.07, 6.45) is 2.75. The van der Waals surface area contributed by atoms with Crippen LogP contribution >= 0.6 is 0 Å². The van der Waals surface area contributed by atoms with Gasteiger partial charge in [0.05, 0.1) is 12.8 Å². The first kappa shape index (κ1) is 17.8. The van der Waals surface area contributed by atoms with E-state index in [0.717, 1.165) is 12.0 Å².